The molecular formula is C37H69NO8. The average Bonchev–Trinajstić information content (AvgIpc) is 3.05. The summed E-state index contributed by atoms with van der Waals surface area (Å²) >= 11 is 0. The van der Waals surface area contributed by atoms with Crippen LogP contribution in [0.1, 0.15) is 149 Å². The van der Waals surface area contributed by atoms with E-state index in [4.69, 9.17) is 9.47 Å². The van der Waals surface area contributed by atoms with Gasteiger partial charge in [-0.25, -0.2) is 0 Å². The number of unbranched alkanes of at least 4 members (excludes halogenated alkanes) is 17. The van der Waals surface area contributed by atoms with Crippen LogP contribution in [0.15, 0.2) is 24.3 Å². The first-order chi connectivity index (χ1) is 22.3. The summed E-state index contributed by atoms with van der Waals surface area (Å²) in [6.07, 6.45) is 23.7. The lowest BCUT2D eigenvalue weighted by Crippen LogP contribution is -2.60. The lowest BCUT2D eigenvalue weighted by molar-refractivity contribution is -0.302. The maximum Gasteiger partial charge on any atom is 0.220 e. The molecule has 46 heavy (non-hydrogen) atoms. The normalized spacial score (nSPS) is 23.3. The molecular weight excluding hydrogens is 586 g/mol. The van der Waals surface area contributed by atoms with Gasteiger partial charge in [-0.15, -0.1) is 0 Å². The van der Waals surface area contributed by atoms with Crippen molar-refractivity contribution < 1.29 is 39.8 Å². The third-order valence-corrected chi connectivity index (χ3v) is 8.78. The molecule has 1 amide bonds. The van der Waals surface area contributed by atoms with Gasteiger partial charge in [-0.1, -0.05) is 134 Å². The highest BCUT2D eigenvalue weighted by molar-refractivity contribution is 5.76. The Morgan fingerprint density at radius 1 is 0.717 bits per heavy atom. The molecule has 7 unspecified atom stereocenters. The smallest absolute Gasteiger partial charge is 0.220 e. The number of rotatable bonds is 29. The van der Waals surface area contributed by atoms with Crippen LogP contribution in [0.2, 0.25) is 0 Å². The van der Waals surface area contributed by atoms with Gasteiger partial charge in [0.15, 0.2) is 6.29 Å². The predicted octanol–water partition coefficient (Wildman–Crippen LogP) is 5.99. The van der Waals surface area contributed by atoms with Gasteiger partial charge in [-0.05, 0) is 32.1 Å². The molecule has 1 fully saturated rings. The maximum absolute atomic E-state index is 12.8. The molecule has 7 atom stereocenters. The number of carbonyl (C=O) groups is 1. The quantitative estimate of drug-likeness (QED) is 0.0425. The second-order valence-corrected chi connectivity index (χ2v) is 13.0. The molecule has 0 radical (unpaired) electrons. The minimum absolute atomic E-state index is 0.193. The Labute approximate surface area is 279 Å². The van der Waals surface area contributed by atoms with E-state index in [1.807, 2.05) is 6.08 Å². The van der Waals surface area contributed by atoms with E-state index in [2.05, 4.69) is 31.3 Å². The first kappa shape index (κ1) is 42.7. The highest BCUT2D eigenvalue weighted by Crippen LogP contribution is 2.22. The summed E-state index contributed by atoms with van der Waals surface area (Å²) in [6, 6.07) is -0.813. The molecule has 0 aromatic rings. The van der Waals surface area contributed by atoms with Crippen LogP contribution in [0.4, 0.5) is 0 Å². The molecule has 1 heterocycles. The second kappa shape index (κ2) is 28.7. The van der Waals surface area contributed by atoms with E-state index >= 15 is 0 Å². The van der Waals surface area contributed by atoms with Crippen LogP contribution < -0.4 is 5.32 Å². The lowest BCUT2D eigenvalue weighted by atomic mass is 9.99. The molecule has 270 valence electrons. The van der Waals surface area contributed by atoms with Crippen molar-refractivity contribution in [3.05, 3.63) is 24.3 Å². The van der Waals surface area contributed by atoms with Crippen LogP contribution >= 0.6 is 0 Å². The van der Waals surface area contributed by atoms with Crippen LogP contribution in [0.3, 0.4) is 0 Å². The van der Waals surface area contributed by atoms with Crippen molar-refractivity contribution >= 4 is 5.91 Å². The molecule has 9 nitrogen and oxygen atoms in total. The highest BCUT2D eigenvalue weighted by Gasteiger charge is 2.44. The summed E-state index contributed by atoms with van der Waals surface area (Å²) < 4.78 is 11.1. The maximum atomic E-state index is 12.8. The summed E-state index contributed by atoms with van der Waals surface area (Å²) in [4.78, 5) is 12.8. The number of carbonyl (C=O) groups excluding carboxylic acids is 1. The molecule has 6 N–H and O–H groups in total. The Bertz CT molecular complexity index is 776. The van der Waals surface area contributed by atoms with Crippen molar-refractivity contribution in [2.75, 3.05) is 13.2 Å². The van der Waals surface area contributed by atoms with Crippen molar-refractivity contribution in [2.24, 2.45) is 0 Å². The van der Waals surface area contributed by atoms with Crippen molar-refractivity contribution in [1.82, 2.24) is 5.32 Å². The number of amides is 1. The fraction of sp³-hybridized carbons (Fsp3) is 0.865. The molecule has 1 saturated heterocycles. The summed E-state index contributed by atoms with van der Waals surface area (Å²) in [5.41, 5.74) is 0. The molecule has 1 aliphatic rings. The zero-order valence-electron chi connectivity index (χ0n) is 29.1. The number of aliphatic hydroxyl groups excluding tert-OH is 5. The predicted molar refractivity (Wildman–Crippen MR) is 184 cm³/mol. The third-order valence-electron chi connectivity index (χ3n) is 8.78. The Balaban J connectivity index is 2.51. The summed E-state index contributed by atoms with van der Waals surface area (Å²) in [5.74, 6) is -0.193. The monoisotopic (exact) mass is 656 g/mol. The van der Waals surface area contributed by atoms with Crippen LogP contribution in [-0.2, 0) is 14.3 Å². The van der Waals surface area contributed by atoms with E-state index in [1.54, 1.807) is 6.08 Å². The van der Waals surface area contributed by atoms with Gasteiger partial charge in [0.2, 0.25) is 5.91 Å². The van der Waals surface area contributed by atoms with E-state index in [-0.39, 0.29) is 12.5 Å². The Morgan fingerprint density at radius 3 is 1.83 bits per heavy atom. The van der Waals surface area contributed by atoms with E-state index in [9.17, 15) is 30.3 Å². The van der Waals surface area contributed by atoms with Gasteiger partial charge in [0.05, 0.1) is 25.4 Å². The summed E-state index contributed by atoms with van der Waals surface area (Å²) in [6.45, 7) is 3.69. The van der Waals surface area contributed by atoms with Gasteiger partial charge in [-0.3, -0.25) is 4.79 Å². The molecule has 1 aliphatic heterocycles. The zero-order chi connectivity index (χ0) is 33.8. The van der Waals surface area contributed by atoms with E-state index in [1.165, 1.54) is 89.9 Å². The Hall–Kier alpha value is -1.33. The van der Waals surface area contributed by atoms with E-state index in [0.29, 0.717) is 6.42 Å². The van der Waals surface area contributed by atoms with Crippen LogP contribution in [0.5, 0.6) is 0 Å². The Kier molecular flexibility index (Phi) is 26.6. The van der Waals surface area contributed by atoms with Gasteiger partial charge < -0.3 is 40.3 Å². The minimum atomic E-state index is -1.57. The van der Waals surface area contributed by atoms with Crippen LogP contribution in [0.25, 0.3) is 0 Å². The number of aliphatic hydroxyl groups is 5. The Morgan fingerprint density at radius 2 is 1.24 bits per heavy atom. The van der Waals surface area contributed by atoms with Gasteiger partial charge in [0, 0.05) is 6.42 Å². The van der Waals surface area contributed by atoms with Crippen molar-refractivity contribution in [1.29, 1.82) is 0 Å². The molecule has 0 aromatic carbocycles. The molecule has 0 aromatic heterocycles. The topological polar surface area (TPSA) is 149 Å². The molecule has 9 heteroatoms. The van der Waals surface area contributed by atoms with Crippen molar-refractivity contribution in [2.45, 2.75) is 192 Å². The fourth-order valence-electron chi connectivity index (χ4n) is 5.70. The standard InChI is InChI=1S/C37H69NO8/c1-3-5-7-9-11-13-14-15-16-17-19-20-22-24-26-31(40)30(29-45-37-36(44)35(43)34(42)32(28-39)46-37)38-33(41)27-25-23-21-18-12-10-8-6-4-2/h17,19,24,26,30-32,34-37,39-40,42-44H,3-16,18,20-23,25,27-29H2,1-2H3,(H,38,41)/b19-17+,26-24+. The fourth-order valence-corrected chi connectivity index (χ4v) is 5.70. The SMILES string of the molecule is CCCCCCCCCC/C=C/CC/C=C/C(O)C(COC1OC(CO)C(O)C(O)C1O)NC(=O)CCCCCCCCCCC. The molecule has 0 aliphatic carbocycles. The second-order valence-electron chi connectivity index (χ2n) is 13.0. The molecule has 0 bridgehead atoms. The molecule has 1 rings (SSSR count). The summed E-state index contributed by atoms with van der Waals surface area (Å²) in [5, 5.41) is 53.7. The number of hydrogen-bond donors (Lipinski definition) is 6. The third kappa shape index (κ3) is 20.1. The largest absolute Gasteiger partial charge is 0.394 e. The highest BCUT2D eigenvalue weighted by atomic mass is 16.7. The zero-order valence-corrected chi connectivity index (χ0v) is 29.1. The van der Waals surface area contributed by atoms with Crippen molar-refractivity contribution in [3.63, 3.8) is 0 Å². The number of allylic oxidation sites excluding steroid dienone is 3. The van der Waals surface area contributed by atoms with Gasteiger partial charge in [0.1, 0.15) is 24.4 Å². The first-order valence-corrected chi connectivity index (χ1v) is 18.6. The van der Waals surface area contributed by atoms with Crippen LogP contribution in [-0.4, -0.2) is 87.5 Å². The number of nitrogens with one attached hydrogen (secondary N) is 1. The number of ether oxygens (including phenoxy) is 2. The average molecular weight is 656 g/mol. The van der Waals surface area contributed by atoms with Gasteiger partial charge >= 0.3 is 0 Å². The van der Waals surface area contributed by atoms with Gasteiger partial charge in [-0.2, -0.15) is 0 Å². The van der Waals surface area contributed by atoms with Crippen molar-refractivity contribution in [3.8, 4) is 0 Å². The van der Waals surface area contributed by atoms with E-state index in [0.717, 1.165) is 38.5 Å². The number of hydrogen-bond acceptors (Lipinski definition) is 8. The van der Waals surface area contributed by atoms with Gasteiger partial charge in [0.25, 0.3) is 0 Å². The lowest BCUT2D eigenvalue weighted by Gasteiger charge is -2.40. The van der Waals surface area contributed by atoms with E-state index < -0.39 is 49.5 Å². The minimum Gasteiger partial charge on any atom is -0.394 e. The first-order valence-electron chi connectivity index (χ1n) is 18.6. The summed E-state index contributed by atoms with van der Waals surface area (Å²) in [7, 11) is 0. The van der Waals surface area contributed by atoms with Crippen LogP contribution in [0, 0.1) is 0 Å². The molecule has 0 saturated carbocycles. The molecule has 0 spiro atoms.